The van der Waals surface area contributed by atoms with Gasteiger partial charge in [-0.1, -0.05) is 43.6 Å². The maximum Gasteiger partial charge on any atom is 0.224 e. The molecule has 1 aromatic heterocycles. The summed E-state index contributed by atoms with van der Waals surface area (Å²) < 4.78 is 7.29. The standard InChI is InChI=1S/C23H26ClN3O2/c1-16(2)23-25-11-12-27(23)15-18-5-4-6-19(13-18)26-22(28)10-8-17-7-9-21(29-3)20(24)14-17/h4-7,9,11-14,16H,8,10,15H2,1-3H3,(H,26,28). The van der Waals surface area contributed by atoms with Crippen LogP contribution in [0.2, 0.25) is 5.02 Å². The fourth-order valence-corrected chi connectivity index (χ4v) is 3.53. The number of aromatic nitrogens is 2. The second kappa shape index (κ2) is 9.61. The normalized spacial score (nSPS) is 10.9. The number of ether oxygens (including phenoxy) is 1. The van der Waals surface area contributed by atoms with E-state index in [4.69, 9.17) is 16.3 Å². The van der Waals surface area contributed by atoms with Gasteiger partial charge in [-0.2, -0.15) is 0 Å². The third-order valence-corrected chi connectivity index (χ3v) is 4.98. The zero-order chi connectivity index (χ0) is 20.8. The van der Waals surface area contributed by atoms with Crippen molar-refractivity contribution in [2.45, 2.75) is 39.2 Å². The van der Waals surface area contributed by atoms with Gasteiger partial charge in [0, 0.05) is 37.0 Å². The molecule has 0 saturated carbocycles. The number of aryl methyl sites for hydroxylation is 1. The molecule has 0 radical (unpaired) electrons. The number of imidazole rings is 1. The van der Waals surface area contributed by atoms with Crippen LogP contribution in [0.25, 0.3) is 0 Å². The molecule has 3 rings (SSSR count). The largest absolute Gasteiger partial charge is 0.495 e. The minimum absolute atomic E-state index is 0.0282. The number of carbonyl (C=O) groups excluding carboxylic acids is 1. The Kier molecular flexibility index (Phi) is 6.94. The molecule has 0 bridgehead atoms. The van der Waals surface area contributed by atoms with Gasteiger partial charge in [-0.3, -0.25) is 4.79 Å². The molecule has 152 valence electrons. The molecule has 0 unspecified atom stereocenters. The topological polar surface area (TPSA) is 56.1 Å². The van der Waals surface area contributed by atoms with Crippen LogP contribution in [0, 0.1) is 0 Å². The molecule has 0 spiro atoms. The Bertz CT molecular complexity index is 982. The number of anilines is 1. The number of amides is 1. The van der Waals surface area contributed by atoms with E-state index in [1.807, 2.05) is 48.8 Å². The fourth-order valence-electron chi connectivity index (χ4n) is 3.25. The number of halogens is 1. The Morgan fingerprint density at radius 2 is 2.03 bits per heavy atom. The van der Waals surface area contributed by atoms with Gasteiger partial charge < -0.3 is 14.6 Å². The van der Waals surface area contributed by atoms with Gasteiger partial charge in [0.1, 0.15) is 11.6 Å². The van der Waals surface area contributed by atoms with Crippen LogP contribution >= 0.6 is 11.6 Å². The predicted molar refractivity (Wildman–Crippen MR) is 117 cm³/mol. The van der Waals surface area contributed by atoms with Gasteiger partial charge in [-0.15, -0.1) is 0 Å². The summed E-state index contributed by atoms with van der Waals surface area (Å²) in [4.78, 5) is 16.8. The Morgan fingerprint density at radius 1 is 1.21 bits per heavy atom. The number of benzene rings is 2. The molecule has 29 heavy (non-hydrogen) atoms. The maximum atomic E-state index is 12.4. The SMILES string of the molecule is COc1ccc(CCC(=O)Nc2cccc(Cn3ccnc3C(C)C)c2)cc1Cl. The number of hydrogen-bond donors (Lipinski definition) is 1. The Labute approximate surface area is 176 Å². The van der Waals surface area contributed by atoms with E-state index in [2.05, 4.69) is 34.8 Å². The van der Waals surface area contributed by atoms with Crippen molar-refractivity contribution in [3.8, 4) is 5.75 Å². The summed E-state index contributed by atoms with van der Waals surface area (Å²) in [6.07, 6.45) is 4.81. The van der Waals surface area contributed by atoms with E-state index in [1.165, 1.54) is 0 Å². The van der Waals surface area contributed by atoms with E-state index in [0.29, 0.717) is 29.5 Å². The van der Waals surface area contributed by atoms with Crippen LogP contribution in [-0.4, -0.2) is 22.6 Å². The van der Waals surface area contributed by atoms with Crippen LogP contribution in [-0.2, 0) is 17.8 Å². The van der Waals surface area contributed by atoms with Crippen LogP contribution < -0.4 is 10.1 Å². The average molecular weight is 412 g/mol. The third kappa shape index (κ3) is 5.61. The highest BCUT2D eigenvalue weighted by molar-refractivity contribution is 6.32. The molecule has 1 heterocycles. The molecule has 0 aliphatic heterocycles. The second-order valence-corrected chi connectivity index (χ2v) is 7.69. The highest BCUT2D eigenvalue weighted by Gasteiger charge is 2.09. The lowest BCUT2D eigenvalue weighted by atomic mass is 10.1. The first-order valence-corrected chi connectivity index (χ1v) is 10.1. The molecular formula is C23H26ClN3O2. The van der Waals surface area contributed by atoms with Gasteiger partial charge in [0.2, 0.25) is 5.91 Å². The Hall–Kier alpha value is -2.79. The number of carbonyl (C=O) groups is 1. The monoisotopic (exact) mass is 411 g/mol. The molecule has 0 aliphatic rings. The molecule has 6 heteroatoms. The third-order valence-electron chi connectivity index (χ3n) is 4.68. The minimum atomic E-state index is -0.0282. The lowest BCUT2D eigenvalue weighted by molar-refractivity contribution is -0.116. The van der Waals surface area contributed by atoms with Crippen molar-refractivity contribution in [2.24, 2.45) is 0 Å². The first-order valence-electron chi connectivity index (χ1n) is 9.68. The fraction of sp³-hybridized carbons (Fsp3) is 0.304. The smallest absolute Gasteiger partial charge is 0.224 e. The van der Waals surface area contributed by atoms with Crippen LogP contribution in [0.5, 0.6) is 5.75 Å². The van der Waals surface area contributed by atoms with Crippen LogP contribution in [0.15, 0.2) is 54.9 Å². The second-order valence-electron chi connectivity index (χ2n) is 7.29. The van der Waals surface area contributed by atoms with Crippen molar-refractivity contribution >= 4 is 23.2 Å². The van der Waals surface area contributed by atoms with Crippen molar-refractivity contribution < 1.29 is 9.53 Å². The maximum absolute atomic E-state index is 12.4. The lowest BCUT2D eigenvalue weighted by Gasteiger charge is -2.12. The van der Waals surface area contributed by atoms with Crippen LogP contribution in [0.4, 0.5) is 5.69 Å². The number of hydrogen-bond acceptors (Lipinski definition) is 3. The van der Waals surface area contributed by atoms with Crippen molar-refractivity contribution in [1.29, 1.82) is 0 Å². The molecule has 2 aromatic carbocycles. The zero-order valence-electron chi connectivity index (χ0n) is 17.0. The van der Waals surface area contributed by atoms with E-state index in [0.717, 1.165) is 29.2 Å². The van der Waals surface area contributed by atoms with E-state index in [1.54, 1.807) is 7.11 Å². The van der Waals surface area contributed by atoms with Crippen LogP contribution in [0.1, 0.15) is 43.1 Å². The summed E-state index contributed by atoms with van der Waals surface area (Å²) in [5, 5.41) is 3.54. The Morgan fingerprint density at radius 3 is 2.76 bits per heavy atom. The molecule has 0 atom stereocenters. The highest BCUT2D eigenvalue weighted by atomic mass is 35.5. The summed E-state index contributed by atoms with van der Waals surface area (Å²) in [5.41, 5.74) is 2.91. The van der Waals surface area contributed by atoms with Crippen LogP contribution in [0.3, 0.4) is 0 Å². The first kappa shape index (κ1) is 20.9. The zero-order valence-corrected chi connectivity index (χ0v) is 17.7. The van der Waals surface area contributed by atoms with E-state index >= 15 is 0 Å². The number of nitrogens with zero attached hydrogens (tertiary/aromatic N) is 2. The van der Waals surface area contributed by atoms with Gasteiger partial charge in [0.25, 0.3) is 0 Å². The lowest BCUT2D eigenvalue weighted by Crippen LogP contribution is -2.13. The van der Waals surface area contributed by atoms with Crippen molar-refractivity contribution in [1.82, 2.24) is 9.55 Å². The number of methoxy groups -OCH3 is 1. The summed E-state index contributed by atoms with van der Waals surface area (Å²) >= 11 is 6.15. The molecule has 3 aromatic rings. The van der Waals surface area contributed by atoms with Gasteiger partial charge >= 0.3 is 0 Å². The first-order chi connectivity index (χ1) is 14.0. The van der Waals surface area contributed by atoms with E-state index < -0.39 is 0 Å². The Balaban J connectivity index is 1.59. The van der Waals surface area contributed by atoms with Gasteiger partial charge in [0.15, 0.2) is 0 Å². The molecule has 5 nitrogen and oxygen atoms in total. The van der Waals surface area contributed by atoms with Gasteiger partial charge in [-0.25, -0.2) is 4.98 Å². The quantitative estimate of drug-likeness (QED) is 0.548. The summed E-state index contributed by atoms with van der Waals surface area (Å²) in [6.45, 7) is 4.98. The highest BCUT2D eigenvalue weighted by Crippen LogP contribution is 2.25. The molecular weight excluding hydrogens is 386 g/mol. The molecule has 0 fully saturated rings. The van der Waals surface area contributed by atoms with Gasteiger partial charge in [0.05, 0.1) is 12.1 Å². The number of rotatable bonds is 8. The van der Waals surface area contributed by atoms with E-state index in [-0.39, 0.29) is 5.91 Å². The summed E-state index contributed by atoms with van der Waals surface area (Å²) in [6, 6.07) is 13.5. The van der Waals surface area contributed by atoms with Gasteiger partial charge in [-0.05, 0) is 41.8 Å². The minimum Gasteiger partial charge on any atom is -0.495 e. The van der Waals surface area contributed by atoms with Crippen molar-refractivity contribution in [3.63, 3.8) is 0 Å². The molecule has 1 N–H and O–H groups in total. The van der Waals surface area contributed by atoms with E-state index in [9.17, 15) is 4.79 Å². The molecule has 0 aliphatic carbocycles. The summed E-state index contributed by atoms with van der Waals surface area (Å²) in [5.74, 6) is 2.02. The van der Waals surface area contributed by atoms with Crippen molar-refractivity contribution in [3.05, 3.63) is 76.8 Å². The molecule has 0 saturated heterocycles. The summed E-state index contributed by atoms with van der Waals surface area (Å²) in [7, 11) is 1.58. The van der Waals surface area contributed by atoms with Crippen molar-refractivity contribution in [2.75, 3.05) is 12.4 Å². The average Bonchev–Trinajstić information content (AvgIpc) is 3.15. The number of nitrogens with one attached hydrogen (secondary N) is 1. The molecule has 1 amide bonds. The predicted octanol–water partition coefficient (Wildman–Crippen LogP) is 5.29.